The Hall–Kier alpha value is -3.02. The molecule has 0 radical (unpaired) electrons. The molecule has 6 heteroatoms. The lowest BCUT2D eigenvalue weighted by molar-refractivity contribution is -0.144. The highest BCUT2D eigenvalue weighted by Crippen LogP contribution is 2.53. The van der Waals surface area contributed by atoms with E-state index in [9.17, 15) is 14.7 Å². The standard InChI is InChI=1S/C29H37N3O3/c1-28(2,3)29(31-27(34)35)17-10-9-14-22(29)26(33)32-18-16-21-24(19-11-5-4-6-12-19)30-23-15-8-7-13-20(23)25(21)32/h4-8,11-13,15,21-22,24-25,30-31H,9-10,14,16-18H2,1-3H3,(H,34,35)/t21-,22?,24+,25+,29?/m0/s1. The van der Waals surface area contributed by atoms with Gasteiger partial charge in [0.15, 0.2) is 0 Å². The van der Waals surface area contributed by atoms with E-state index in [0.29, 0.717) is 19.4 Å². The second-order valence-corrected chi connectivity index (χ2v) is 11.5. The lowest BCUT2D eigenvalue weighted by Gasteiger charge is -2.53. The first-order valence-electron chi connectivity index (χ1n) is 12.9. The predicted molar refractivity (Wildman–Crippen MR) is 137 cm³/mol. The van der Waals surface area contributed by atoms with Gasteiger partial charge in [0.2, 0.25) is 5.91 Å². The van der Waals surface area contributed by atoms with Crippen molar-refractivity contribution in [1.29, 1.82) is 0 Å². The summed E-state index contributed by atoms with van der Waals surface area (Å²) in [6.45, 7) is 6.88. The van der Waals surface area contributed by atoms with Gasteiger partial charge in [0.25, 0.3) is 0 Å². The van der Waals surface area contributed by atoms with E-state index in [1.165, 1.54) is 11.1 Å². The summed E-state index contributed by atoms with van der Waals surface area (Å²) in [6, 6.07) is 18.9. The van der Waals surface area contributed by atoms with Crippen LogP contribution >= 0.6 is 0 Å². The number of anilines is 1. The summed E-state index contributed by atoms with van der Waals surface area (Å²) in [5, 5.41) is 16.4. The molecule has 2 heterocycles. The Balaban J connectivity index is 1.54. The van der Waals surface area contributed by atoms with E-state index in [4.69, 9.17) is 0 Å². The number of rotatable bonds is 3. The number of para-hydroxylation sites is 1. The minimum Gasteiger partial charge on any atom is -0.465 e. The molecule has 5 atom stereocenters. The average molecular weight is 476 g/mol. The lowest BCUT2D eigenvalue weighted by Crippen LogP contribution is -2.65. The van der Waals surface area contributed by atoms with E-state index >= 15 is 0 Å². The van der Waals surface area contributed by atoms with Gasteiger partial charge in [-0.25, -0.2) is 4.79 Å². The number of benzene rings is 2. The molecule has 2 amide bonds. The van der Waals surface area contributed by atoms with Crippen molar-refractivity contribution in [2.75, 3.05) is 11.9 Å². The molecule has 1 saturated carbocycles. The van der Waals surface area contributed by atoms with Crippen LogP contribution in [0.4, 0.5) is 10.5 Å². The highest BCUT2D eigenvalue weighted by molar-refractivity contribution is 5.83. The van der Waals surface area contributed by atoms with Crippen molar-refractivity contribution >= 4 is 17.7 Å². The number of carbonyl (C=O) groups is 2. The maximum Gasteiger partial charge on any atom is 0.405 e. The van der Waals surface area contributed by atoms with Crippen LogP contribution in [0.25, 0.3) is 0 Å². The fraction of sp³-hybridized carbons (Fsp3) is 0.517. The van der Waals surface area contributed by atoms with Gasteiger partial charge in [-0.05, 0) is 41.9 Å². The minimum absolute atomic E-state index is 0.0189. The first-order chi connectivity index (χ1) is 16.7. The molecule has 6 nitrogen and oxygen atoms in total. The number of carboxylic acid groups (broad SMARTS) is 1. The van der Waals surface area contributed by atoms with Crippen LogP contribution in [0.2, 0.25) is 0 Å². The molecular weight excluding hydrogens is 438 g/mol. The van der Waals surface area contributed by atoms with E-state index in [0.717, 1.165) is 24.9 Å². The monoisotopic (exact) mass is 475 g/mol. The molecule has 1 saturated heterocycles. The SMILES string of the molecule is CC(C)(C)C1(NC(=O)O)CCCCC1C(=O)N1CC[C@H]2[C@@H](c3ccccc3)Nc3ccccc3[C@H]21. The fourth-order valence-corrected chi connectivity index (χ4v) is 7.10. The summed E-state index contributed by atoms with van der Waals surface area (Å²) in [5.41, 5.74) is 2.32. The molecule has 35 heavy (non-hydrogen) atoms. The Bertz CT molecular complexity index is 1100. The zero-order valence-electron chi connectivity index (χ0n) is 21.0. The number of hydrogen-bond donors (Lipinski definition) is 3. The Morgan fingerprint density at radius 3 is 2.46 bits per heavy atom. The second kappa shape index (κ2) is 8.89. The van der Waals surface area contributed by atoms with E-state index in [1.807, 2.05) is 18.2 Å². The van der Waals surface area contributed by atoms with E-state index < -0.39 is 11.6 Å². The highest BCUT2D eigenvalue weighted by Gasteiger charge is 2.56. The summed E-state index contributed by atoms with van der Waals surface area (Å²) in [6.07, 6.45) is 3.14. The van der Waals surface area contributed by atoms with Crippen molar-refractivity contribution in [3.05, 3.63) is 65.7 Å². The van der Waals surface area contributed by atoms with Crippen LogP contribution in [0.1, 0.15) is 76.1 Å². The van der Waals surface area contributed by atoms with Gasteiger partial charge in [0, 0.05) is 18.2 Å². The summed E-state index contributed by atoms with van der Waals surface area (Å²) in [4.78, 5) is 28.5. The maximum absolute atomic E-state index is 14.4. The van der Waals surface area contributed by atoms with Gasteiger partial charge in [0.1, 0.15) is 0 Å². The maximum atomic E-state index is 14.4. The zero-order valence-corrected chi connectivity index (χ0v) is 21.0. The molecule has 2 unspecified atom stereocenters. The molecular formula is C29H37N3O3. The second-order valence-electron chi connectivity index (χ2n) is 11.5. The van der Waals surface area contributed by atoms with Crippen molar-refractivity contribution in [2.24, 2.45) is 17.3 Å². The molecule has 3 N–H and O–H groups in total. The Morgan fingerprint density at radius 1 is 1.03 bits per heavy atom. The Kier molecular flexibility index (Phi) is 6.02. The Morgan fingerprint density at radius 2 is 1.74 bits per heavy atom. The number of fused-ring (bicyclic) bond motifs is 3. The molecule has 0 bridgehead atoms. The molecule has 3 aliphatic rings. The van der Waals surface area contributed by atoms with E-state index in [1.54, 1.807) is 0 Å². The van der Waals surface area contributed by atoms with Gasteiger partial charge < -0.3 is 20.6 Å². The van der Waals surface area contributed by atoms with Gasteiger partial charge in [-0.15, -0.1) is 0 Å². The number of amides is 2. The van der Waals surface area contributed by atoms with Crippen LogP contribution in [0.5, 0.6) is 0 Å². The van der Waals surface area contributed by atoms with Crippen molar-refractivity contribution in [3.8, 4) is 0 Å². The van der Waals surface area contributed by atoms with Crippen LogP contribution in [-0.2, 0) is 4.79 Å². The number of nitrogens with one attached hydrogen (secondary N) is 2. The first-order valence-corrected chi connectivity index (χ1v) is 12.9. The summed E-state index contributed by atoms with van der Waals surface area (Å²) < 4.78 is 0. The predicted octanol–water partition coefficient (Wildman–Crippen LogP) is 5.99. The number of likely N-dealkylation sites (tertiary alicyclic amines) is 1. The van der Waals surface area contributed by atoms with E-state index in [2.05, 4.69) is 72.7 Å². The number of hydrogen-bond acceptors (Lipinski definition) is 3. The molecule has 2 aromatic rings. The highest BCUT2D eigenvalue weighted by atomic mass is 16.4. The van der Waals surface area contributed by atoms with Crippen LogP contribution in [-0.4, -0.2) is 34.1 Å². The molecule has 2 fully saturated rings. The van der Waals surface area contributed by atoms with Crippen molar-refractivity contribution in [2.45, 2.75) is 70.5 Å². The smallest absolute Gasteiger partial charge is 0.405 e. The third-order valence-electron chi connectivity index (χ3n) is 8.78. The Labute approximate surface area is 208 Å². The van der Waals surface area contributed by atoms with Gasteiger partial charge in [0.05, 0.1) is 23.5 Å². The third kappa shape index (κ3) is 3.97. The van der Waals surface area contributed by atoms with E-state index in [-0.39, 0.29) is 35.2 Å². The summed E-state index contributed by atoms with van der Waals surface area (Å²) in [5.74, 6) is -0.0102. The molecule has 5 rings (SSSR count). The first kappa shape index (κ1) is 23.7. The quantitative estimate of drug-likeness (QED) is 0.510. The normalized spacial score (nSPS) is 30.1. The molecule has 0 aromatic heterocycles. The average Bonchev–Trinajstić information content (AvgIpc) is 3.28. The fourth-order valence-electron chi connectivity index (χ4n) is 7.10. The molecule has 1 aliphatic carbocycles. The zero-order chi connectivity index (χ0) is 24.8. The van der Waals surface area contributed by atoms with Gasteiger partial charge in [-0.1, -0.05) is 82.1 Å². The van der Waals surface area contributed by atoms with Crippen LogP contribution < -0.4 is 10.6 Å². The summed E-state index contributed by atoms with van der Waals surface area (Å²) >= 11 is 0. The molecule has 2 aromatic carbocycles. The van der Waals surface area contributed by atoms with Crippen LogP contribution in [0, 0.1) is 17.3 Å². The third-order valence-corrected chi connectivity index (χ3v) is 8.78. The van der Waals surface area contributed by atoms with Crippen molar-refractivity contribution in [3.63, 3.8) is 0 Å². The molecule has 2 aliphatic heterocycles. The lowest BCUT2D eigenvalue weighted by atomic mass is 9.59. The largest absolute Gasteiger partial charge is 0.465 e. The number of carbonyl (C=O) groups excluding carboxylic acids is 1. The van der Waals surface area contributed by atoms with Crippen molar-refractivity contribution < 1.29 is 14.7 Å². The van der Waals surface area contributed by atoms with Crippen LogP contribution in [0.15, 0.2) is 54.6 Å². The van der Waals surface area contributed by atoms with Crippen molar-refractivity contribution in [1.82, 2.24) is 10.2 Å². The van der Waals surface area contributed by atoms with Crippen LogP contribution in [0.3, 0.4) is 0 Å². The van der Waals surface area contributed by atoms with Gasteiger partial charge in [-0.2, -0.15) is 0 Å². The summed E-state index contributed by atoms with van der Waals surface area (Å²) in [7, 11) is 0. The molecule has 186 valence electrons. The minimum atomic E-state index is -1.05. The number of nitrogens with zero attached hydrogens (tertiary/aromatic N) is 1. The topological polar surface area (TPSA) is 81.7 Å². The van der Waals surface area contributed by atoms with Gasteiger partial charge in [-0.3, -0.25) is 4.79 Å². The van der Waals surface area contributed by atoms with Gasteiger partial charge >= 0.3 is 6.09 Å². The molecule has 0 spiro atoms.